The van der Waals surface area contributed by atoms with E-state index in [1.54, 1.807) is 0 Å². The molecule has 0 saturated carbocycles. The Morgan fingerprint density at radius 1 is 0.814 bits per heavy atom. The number of para-hydroxylation sites is 1. The van der Waals surface area contributed by atoms with Gasteiger partial charge >= 0.3 is 6.09 Å². The summed E-state index contributed by atoms with van der Waals surface area (Å²) in [6.07, 6.45) is 8.50. The summed E-state index contributed by atoms with van der Waals surface area (Å²) >= 11 is 0. The molecule has 1 heterocycles. The van der Waals surface area contributed by atoms with E-state index < -0.39 is 34.9 Å². The van der Waals surface area contributed by atoms with Gasteiger partial charge in [-0.25, -0.2) is 9.18 Å². The lowest BCUT2D eigenvalue weighted by Crippen LogP contribution is -2.38. The van der Waals surface area contributed by atoms with E-state index in [1.807, 2.05) is 54.6 Å². The van der Waals surface area contributed by atoms with Gasteiger partial charge in [0, 0.05) is 25.2 Å². The highest BCUT2D eigenvalue weighted by molar-refractivity contribution is 5.94. The molecule has 3 N–H and O–H groups in total. The van der Waals surface area contributed by atoms with Crippen molar-refractivity contribution in [3.63, 3.8) is 0 Å². The fourth-order valence-corrected chi connectivity index (χ4v) is 5.36. The number of nitrogens with one attached hydrogen (secondary N) is 2. The lowest BCUT2D eigenvalue weighted by molar-refractivity contribution is 0.0584. The number of hydrogen-bond donors (Lipinski definition) is 3. The highest BCUT2D eigenvalue weighted by atomic mass is 19.2. The van der Waals surface area contributed by atoms with E-state index in [9.17, 15) is 18.4 Å². The van der Waals surface area contributed by atoms with Gasteiger partial charge in [-0.05, 0) is 56.0 Å². The zero-order valence-corrected chi connectivity index (χ0v) is 24.5. The van der Waals surface area contributed by atoms with Gasteiger partial charge in [-0.1, -0.05) is 80.6 Å². The second-order valence-electron chi connectivity index (χ2n) is 11.0. The number of halogens is 2. The molecule has 0 spiro atoms. The van der Waals surface area contributed by atoms with Crippen molar-refractivity contribution in [1.29, 1.82) is 0 Å². The molecular formula is C34H41F2N3O4. The number of likely N-dealkylation sites (tertiary alicyclic amines) is 1. The fraction of sp³-hybridized carbons (Fsp3) is 0.412. The number of rotatable bonds is 14. The van der Waals surface area contributed by atoms with Crippen molar-refractivity contribution in [2.24, 2.45) is 0 Å². The Balaban J connectivity index is 1.01. The third kappa shape index (κ3) is 9.78. The minimum Gasteiger partial charge on any atom is -0.505 e. The quantitative estimate of drug-likeness (QED) is 0.168. The first-order valence-corrected chi connectivity index (χ1v) is 15.2. The van der Waals surface area contributed by atoms with Crippen molar-refractivity contribution in [2.75, 3.05) is 31.5 Å². The second-order valence-corrected chi connectivity index (χ2v) is 11.0. The van der Waals surface area contributed by atoms with Crippen LogP contribution < -0.4 is 10.6 Å². The number of hydrogen-bond acceptors (Lipinski definition) is 5. The van der Waals surface area contributed by atoms with Crippen LogP contribution in [0.2, 0.25) is 0 Å². The van der Waals surface area contributed by atoms with Gasteiger partial charge in [0.1, 0.15) is 6.10 Å². The fourth-order valence-electron chi connectivity index (χ4n) is 5.36. The Morgan fingerprint density at radius 2 is 1.47 bits per heavy atom. The molecule has 0 radical (unpaired) electrons. The van der Waals surface area contributed by atoms with E-state index in [-0.39, 0.29) is 6.10 Å². The van der Waals surface area contributed by atoms with Gasteiger partial charge < -0.3 is 20.1 Å². The predicted molar refractivity (Wildman–Crippen MR) is 164 cm³/mol. The maximum atomic E-state index is 13.8. The molecule has 0 aliphatic carbocycles. The van der Waals surface area contributed by atoms with Crippen LogP contribution in [0.5, 0.6) is 5.75 Å². The highest BCUT2D eigenvalue weighted by Crippen LogP contribution is 2.28. The molecular weight excluding hydrogens is 552 g/mol. The summed E-state index contributed by atoms with van der Waals surface area (Å²) in [4.78, 5) is 27.1. The molecule has 1 aliphatic rings. The summed E-state index contributed by atoms with van der Waals surface area (Å²) in [5.74, 6) is -4.24. The van der Waals surface area contributed by atoms with Gasteiger partial charge in [0.25, 0.3) is 5.91 Å². The summed E-state index contributed by atoms with van der Waals surface area (Å²) in [5.41, 5.74) is 2.33. The average molecular weight is 594 g/mol. The Labute approximate surface area is 252 Å². The molecule has 1 saturated heterocycles. The molecule has 0 bridgehead atoms. The minimum absolute atomic E-state index is 0.0776. The van der Waals surface area contributed by atoms with Crippen LogP contribution in [0.15, 0.2) is 66.7 Å². The van der Waals surface area contributed by atoms with Crippen LogP contribution in [-0.4, -0.2) is 54.3 Å². The zero-order valence-electron chi connectivity index (χ0n) is 24.5. The number of unbranched alkanes of at least 4 members (excludes halogenated alkanes) is 6. The van der Waals surface area contributed by atoms with Crippen molar-refractivity contribution in [1.82, 2.24) is 10.2 Å². The maximum absolute atomic E-state index is 13.8. The van der Waals surface area contributed by atoms with Crippen LogP contribution in [-0.2, 0) is 4.74 Å². The standard InChI is InChI=1S/C34H41F2N3O4/c35-31-28(17-18-30(40)32(31)36)33(41)37-21-11-4-2-1-3-5-12-22-39-23-19-26(20-24-39)43-34(42)38-29-16-10-9-15-27(29)25-13-7-6-8-14-25/h6-10,13-18,26,40H,1-5,11-12,19-24H2,(H,37,41)(H,38,42). The number of piperidine rings is 1. The topological polar surface area (TPSA) is 90.9 Å². The summed E-state index contributed by atoms with van der Waals surface area (Å²) in [5, 5.41) is 14.7. The molecule has 230 valence electrons. The number of nitrogens with zero attached hydrogens (tertiary/aromatic N) is 1. The van der Waals surface area contributed by atoms with Crippen molar-refractivity contribution in [3.8, 4) is 16.9 Å². The first kappa shape index (κ1) is 31.9. The monoisotopic (exact) mass is 593 g/mol. The molecule has 4 rings (SSSR count). The number of amides is 2. The summed E-state index contributed by atoms with van der Waals surface area (Å²) in [6.45, 7) is 3.28. The van der Waals surface area contributed by atoms with Crippen molar-refractivity contribution in [2.45, 2.75) is 63.9 Å². The molecule has 3 aromatic rings. The number of carbonyl (C=O) groups excluding carboxylic acids is 2. The zero-order chi connectivity index (χ0) is 30.4. The number of anilines is 1. The van der Waals surface area contributed by atoms with Gasteiger partial charge in [-0.3, -0.25) is 10.1 Å². The van der Waals surface area contributed by atoms with Crippen molar-refractivity contribution >= 4 is 17.7 Å². The lowest BCUT2D eigenvalue weighted by Gasteiger charge is -2.31. The third-order valence-electron chi connectivity index (χ3n) is 7.80. The van der Waals surface area contributed by atoms with E-state index in [0.29, 0.717) is 6.54 Å². The van der Waals surface area contributed by atoms with Gasteiger partial charge in [-0.2, -0.15) is 4.39 Å². The first-order valence-electron chi connectivity index (χ1n) is 15.2. The van der Waals surface area contributed by atoms with E-state index >= 15 is 0 Å². The molecule has 1 aliphatic heterocycles. The molecule has 9 heteroatoms. The Bertz CT molecular complexity index is 1330. The number of phenolic OH excluding ortho intramolecular Hbond substituents is 1. The summed E-state index contributed by atoms with van der Waals surface area (Å²) in [7, 11) is 0. The largest absolute Gasteiger partial charge is 0.505 e. The van der Waals surface area contributed by atoms with Gasteiger partial charge in [0.2, 0.25) is 5.82 Å². The van der Waals surface area contributed by atoms with E-state index in [4.69, 9.17) is 9.84 Å². The van der Waals surface area contributed by atoms with E-state index in [2.05, 4.69) is 15.5 Å². The molecule has 0 unspecified atom stereocenters. The van der Waals surface area contributed by atoms with Crippen LogP contribution in [0.25, 0.3) is 11.1 Å². The van der Waals surface area contributed by atoms with Crippen LogP contribution in [0.4, 0.5) is 19.3 Å². The van der Waals surface area contributed by atoms with Crippen LogP contribution >= 0.6 is 0 Å². The smallest absolute Gasteiger partial charge is 0.411 e. The SMILES string of the molecule is O=C(Nc1ccccc1-c1ccccc1)OC1CCN(CCCCCCCCCNC(=O)c2ccc(O)c(F)c2F)CC1. The maximum Gasteiger partial charge on any atom is 0.411 e. The Hall–Kier alpha value is -3.98. The number of ether oxygens (including phenoxy) is 1. The average Bonchev–Trinajstić information content (AvgIpc) is 3.02. The number of aromatic hydroxyl groups is 1. The first-order chi connectivity index (χ1) is 20.9. The molecule has 0 atom stereocenters. The second kappa shape index (κ2) is 16.6. The van der Waals surface area contributed by atoms with Gasteiger partial charge in [0.15, 0.2) is 11.6 Å². The molecule has 3 aromatic carbocycles. The Morgan fingerprint density at radius 3 is 2.21 bits per heavy atom. The summed E-state index contributed by atoms with van der Waals surface area (Å²) < 4.78 is 32.9. The van der Waals surface area contributed by atoms with Crippen LogP contribution in [0.1, 0.15) is 68.1 Å². The molecule has 7 nitrogen and oxygen atoms in total. The lowest BCUT2D eigenvalue weighted by atomic mass is 10.0. The molecule has 2 amide bonds. The number of carbonyl (C=O) groups is 2. The van der Waals surface area contributed by atoms with E-state index in [0.717, 1.165) is 106 Å². The molecule has 43 heavy (non-hydrogen) atoms. The normalized spacial score (nSPS) is 13.9. The highest BCUT2D eigenvalue weighted by Gasteiger charge is 2.22. The van der Waals surface area contributed by atoms with Crippen molar-refractivity contribution in [3.05, 3.63) is 83.9 Å². The summed E-state index contributed by atoms with van der Waals surface area (Å²) in [6, 6.07) is 19.7. The van der Waals surface area contributed by atoms with Crippen LogP contribution in [0, 0.1) is 11.6 Å². The minimum atomic E-state index is -1.41. The molecule has 1 fully saturated rings. The molecule has 0 aromatic heterocycles. The third-order valence-corrected chi connectivity index (χ3v) is 7.80. The van der Waals surface area contributed by atoms with Gasteiger partial charge in [0.05, 0.1) is 11.3 Å². The van der Waals surface area contributed by atoms with Gasteiger partial charge in [-0.15, -0.1) is 0 Å². The predicted octanol–water partition coefficient (Wildman–Crippen LogP) is 7.51. The van der Waals surface area contributed by atoms with Crippen molar-refractivity contribution < 1.29 is 28.2 Å². The number of benzene rings is 3. The number of phenols is 1. The van der Waals surface area contributed by atoms with Crippen LogP contribution in [0.3, 0.4) is 0 Å². The Kier molecular flexibility index (Phi) is 12.3. The van der Waals surface area contributed by atoms with E-state index in [1.165, 1.54) is 0 Å².